The largest absolute Gasteiger partial charge is 0.371 e. The van der Waals surface area contributed by atoms with Crippen LogP contribution < -0.4 is 5.73 Å². The zero-order chi connectivity index (χ0) is 11.4. The SMILES string of the molecule is Cc1cccc(C2CN(CCN)CCO2)c1. The van der Waals surface area contributed by atoms with E-state index in [1.165, 1.54) is 11.1 Å². The van der Waals surface area contributed by atoms with Crippen LogP contribution in [0.25, 0.3) is 0 Å². The molecule has 1 aromatic carbocycles. The van der Waals surface area contributed by atoms with Gasteiger partial charge in [-0.25, -0.2) is 0 Å². The fourth-order valence-electron chi connectivity index (χ4n) is 2.16. The van der Waals surface area contributed by atoms with Crippen LogP contribution in [0.2, 0.25) is 0 Å². The first-order valence-corrected chi connectivity index (χ1v) is 5.90. The lowest BCUT2D eigenvalue weighted by Gasteiger charge is -2.32. The van der Waals surface area contributed by atoms with Crippen LogP contribution in [0.1, 0.15) is 17.2 Å². The number of nitrogens with zero attached hydrogens (tertiary/aromatic N) is 1. The number of hydrogen-bond donors (Lipinski definition) is 1. The molecule has 2 N–H and O–H groups in total. The van der Waals surface area contributed by atoms with Crippen LogP contribution in [0.15, 0.2) is 24.3 Å². The smallest absolute Gasteiger partial charge is 0.0952 e. The van der Waals surface area contributed by atoms with Gasteiger partial charge in [-0.15, -0.1) is 0 Å². The van der Waals surface area contributed by atoms with Gasteiger partial charge < -0.3 is 10.5 Å². The first-order chi connectivity index (χ1) is 7.79. The summed E-state index contributed by atoms with van der Waals surface area (Å²) >= 11 is 0. The van der Waals surface area contributed by atoms with Gasteiger partial charge in [-0.1, -0.05) is 29.8 Å². The van der Waals surface area contributed by atoms with Crippen molar-refractivity contribution in [3.05, 3.63) is 35.4 Å². The van der Waals surface area contributed by atoms with E-state index in [0.717, 1.165) is 32.8 Å². The van der Waals surface area contributed by atoms with Crippen LogP contribution >= 0.6 is 0 Å². The van der Waals surface area contributed by atoms with Crippen LogP contribution in [0, 0.1) is 6.92 Å². The molecule has 1 unspecified atom stereocenters. The summed E-state index contributed by atoms with van der Waals surface area (Å²) in [4.78, 5) is 2.37. The van der Waals surface area contributed by atoms with Crippen molar-refractivity contribution >= 4 is 0 Å². The Morgan fingerprint density at radius 2 is 2.38 bits per heavy atom. The zero-order valence-electron chi connectivity index (χ0n) is 9.86. The average molecular weight is 220 g/mol. The molecule has 0 spiro atoms. The summed E-state index contributed by atoms with van der Waals surface area (Å²) in [5.74, 6) is 0. The molecule has 1 fully saturated rings. The fraction of sp³-hybridized carbons (Fsp3) is 0.538. The molecule has 0 aliphatic carbocycles. The standard InChI is InChI=1S/C13H20N2O/c1-11-3-2-4-12(9-11)13-10-15(6-5-14)7-8-16-13/h2-4,9,13H,5-8,10,14H2,1H3. The van der Waals surface area contributed by atoms with Crippen molar-refractivity contribution in [1.82, 2.24) is 4.90 Å². The fourth-order valence-corrected chi connectivity index (χ4v) is 2.16. The quantitative estimate of drug-likeness (QED) is 0.835. The van der Waals surface area contributed by atoms with E-state index >= 15 is 0 Å². The molecule has 1 aromatic rings. The molecule has 1 aliphatic rings. The molecule has 1 aliphatic heterocycles. The molecule has 0 bridgehead atoms. The van der Waals surface area contributed by atoms with Crippen molar-refractivity contribution in [3.8, 4) is 0 Å². The molecule has 1 atom stereocenters. The Kier molecular flexibility index (Phi) is 3.93. The second kappa shape index (κ2) is 5.43. The third-order valence-corrected chi connectivity index (χ3v) is 3.01. The molecular formula is C13H20N2O. The van der Waals surface area contributed by atoms with Crippen LogP contribution in [-0.4, -0.2) is 37.7 Å². The van der Waals surface area contributed by atoms with Gasteiger partial charge in [0.05, 0.1) is 12.7 Å². The van der Waals surface area contributed by atoms with E-state index in [0.29, 0.717) is 0 Å². The minimum absolute atomic E-state index is 0.209. The maximum Gasteiger partial charge on any atom is 0.0952 e. The molecular weight excluding hydrogens is 200 g/mol. The predicted molar refractivity (Wildman–Crippen MR) is 65.4 cm³/mol. The Labute approximate surface area is 97.2 Å². The van der Waals surface area contributed by atoms with E-state index in [9.17, 15) is 0 Å². The van der Waals surface area contributed by atoms with E-state index in [1.807, 2.05) is 0 Å². The van der Waals surface area contributed by atoms with Crippen molar-refractivity contribution in [1.29, 1.82) is 0 Å². The molecule has 1 saturated heterocycles. The third-order valence-electron chi connectivity index (χ3n) is 3.01. The second-order valence-electron chi connectivity index (χ2n) is 4.36. The Hall–Kier alpha value is -0.900. The third kappa shape index (κ3) is 2.82. The molecule has 0 aromatic heterocycles. The van der Waals surface area contributed by atoms with Gasteiger partial charge in [-0.05, 0) is 12.5 Å². The van der Waals surface area contributed by atoms with Gasteiger partial charge in [0.2, 0.25) is 0 Å². The molecule has 16 heavy (non-hydrogen) atoms. The summed E-state index contributed by atoms with van der Waals surface area (Å²) in [6, 6.07) is 8.56. The van der Waals surface area contributed by atoms with E-state index in [2.05, 4.69) is 36.1 Å². The number of ether oxygens (including phenoxy) is 1. The molecule has 1 heterocycles. The van der Waals surface area contributed by atoms with Crippen LogP contribution in [0.4, 0.5) is 0 Å². The molecule has 0 radical (unpaired) electrons. The monoisotopic (exact) mass is 220 g/mol. The van der Waals surface area contributed by atoms with Crippen LogP contribution in [0.5, 0.6) is 0 Å². The number of aryl methyl sites for hydroxylation is 1. The van der Waals surface area contributed by atoms with E-state index < -0.39 is 0 Å². The molecule has 0 saturated carbocycles. The molecule has 2 rings (SSSR count). The lowest BCUT2D eigenvalue weighted by Crippen LogP contribution is -2.40. The summed E-state index contributed by atoms with van der Waals surface area (Å²) in [5, 5.41) is 0. The van der Waals surface area contributed by atoms with Gasteiger partial charge in [0.25, 0.3) is 0 Å². The van der Waals surface area contributed by atoms with Gasteiger partial charge in [0, 0.05) is 26.2 Å². The number of benzene rings is 1. The van der Waals surface area contributed by atoms with Gasteiger partial charge in [-0.3, -0.25) is 4.90 Å². The summed E-state index contributed by atoms with van der Waals surface area (Å²) in [7, 11) is 0. The van der Waals surface area contributed by atoms with Crippen LogP contribution in [0.3, 0.4) is 0 Å². The second-order valence-corrected chi connectivity index (χ2v) is 4.36. The normalized spacial score (nSPS) is 22.2. The summed E-state index contributed by atoms with van der Waals surface area (Å²) in [6.45, 7) is 6.56. The highest BCUT2D eigenvalue weighted by molar-refractivity contribution is 5.24. The van der Waals surface area contributed by atoms with Gasteiger partial charge in [0.15, 0.2) is 0 Å². The highest BCUT2D eigenvalue weighted by atomic mass is 16.5. The molecule has 3 nitrogen and oxygen atoms in total. The van der Waals surface area contributed by atoms with Crippen LogP contribution in [-0.2, 0) is 4.74 Å². The summed E-state index contributed by atoms with van der Waals surface area (Å²) in [5.41, 5.74) is 8.15. The Morgan fingerprint density at radius 1 is 1.50 bits per heavy atom. The zero-order valence-corrected chi connectivity index (χ0v) is 9.86. The summed E-state index contributed by atoms with van der Waals surface area (Å²) in [6.07, 6.45) is 0.209. The molecule has 0 amide bonds. The minimum Gasteiger partial charge on any atom is -0.371 e. The van der Waals surface area contributed by atoms with Crippen molar-refractivity contribution in [2.24, 2.45) is 5.73 Å². The number of hydrogen-bond acceptors (Lipinski definition) is 3. The first kappa shape index (κ1) is 11.6. The first-order valence-electron chi connectivity index (χ1n) is 5.90. The van der Waals surface area contributed by atoms with Crippen molar-refractivity contribution in [2.75, 3.05) is 32.8 Å². The molecule has 3 heteroatoms. The Morgan fingerprint density at radius 3 is 3.12 bits per heavy atom. The topological polar surface area (TPSA) is 38.5 Å². The summed E-state index contributed by atoms with van der Waals surface area (Å²) < 4.78 is 5.81. The van der Waals surface area contributed by atoms with E-state index in [4.69, 9.17) is 10.5 Å². The van der Waals surface area contributed by atoms with E-state index in [-0.39, 0.29) is 6.10 Å². The Bertz CT molecular complexity index is 338. The van der Waals surface area contributed by atoms with E-state index in [1.54, 1.807) is 0 Å². The van der Waals surface area contributed by atoms with Gasteiger partial charge in [-0.2, -0.15) is 0 Å². The maximum absolute atomic E-state index is 5.81. The number of nitrogens with two attached hydrogens (primary N) is 1. The minimum atomic E-state index is 0.209. The number of rotatable bonds is 3. The van der Waals surface area contributed by atoms with Gasteiger partial charge in [0.1, 0.15) is 0 Å². The van der Waals surface area contributed by atoms with Crippen molar-refractivity contribution < 1.29 is 4.74 Å². The lowest BCUT2D eigenvalue weighted by atomic mass is 10.1. The van der Waals surface area contributed by atoms with Crippen molar-refractivity contribution in [2.45, 2.75) is 13.0 Å². The highest BCUT2D eigenvalue weighted by Gasteiger charge is 2.21. The Balaban J connectivity index is 2.03. The average Bonchev–Trinajstić information content (AvgIpc) is 2.30. The van der Waals surface area contributed by atoms with Crippen molar-refractivity contribution in [3.63, 3.8) is 0 Å². The highest BCUT2D eigenvalue weighted by Crippen LogP contribution is 2.22. The maximum atomic E-state index is 5.81. The lowest BCUT2D eigenvalue weighted by molar-refractivity contribution is -0.0288. The molecule has 88 valence electrons. The predicted octanol–water partition coefficient (Wildman–Crippen LogP) is 1.33. The van der Waals surface area contributed by atoms with Gasteiger partial charge >= 0.3 is 0 Å². The number of morpholine rings is 1.